The minimum Gasteiger partial charge on any atom is -0.493 e. The fourth-order valence-corrected chi connectivity index (χ4v) is 2.21. The highest BCUT2D eigenvalue weighted by molar-refractivity contribution is 5.98. The third kappa shape index (κ3) is 4.84. The van der Waals surface area contributed by atoms with Crippen molar-refractivity contribution in [2.24, 2.45) is 0 Å². The Morgan fingerprint density at radius 3 is 2.42 bits per heavy atom. The molecule has 5 nitrogen and oxygen atoms in total. The maximum Gasteiger partial charge on any atom is 0.326 e. The van der Waals surface area contributed by atoms with E-state index in [1.54, 1.807) is 31.2 Å². The molecule has 0 saturated heterocycles. The first-order valence-corrected chi connectivity index (χ1v) is 7.86. The summed E-state index contributed by atoms with van der Waals surface area (Å²) in [6, 6.07) is 16.3. The second-order valence-electron chi connectivity index (χ2n) is 5.15. The van der Waals surface area contributed by atoms with Crippen molar-refractivity contribution in [2.75, 3.05) is 13.2 Å². The molecule has 1 N–H and O–H groups in total. The molecule has 0 aliphatic rings. The topological polar surface area (TPSA) is 64.6 Å². The molecule has 1 amide bonds. The summed E-state index contributed by atoms with van der Waals surface area (Å²) in [5.41, 5.74) is 1.29. The highest BCUT2D eigenvalue weighted by Gasteiger charge is 2.15. The van der Waals surface area contributed by atoms with E-state index >= 15 is 0 Å². The van der Waals surface area contributed by atoms with Crippen LogP contribution in [0, 0.1) is 0 Å². The van der Waals surface area contributed by atoms with Crippen LogP contribution in [0.1, 0.15) is 35.9 Å². The van der Waals surface area contributed by atoms with Crippen molar-refractivity contribution >= 4 is 11.9 Å². The Hall–Kier alpha value is -2.82. The summed E-state index contributed by atoms with van der Waals surface area (Å²) < 4.78 is 10.7. The Labute approximate surface area is 141 Å². The summed E-state index contributed by atoms with van der Waals surface area (Å²) in [6.45, 7) is 3.90. The van der Waals surface area contributed by atoms with E-state index in [1.165, 1.54) is 0 Å². The number of ether oxygens (including phenoxy) is 2. The number of esters is 1. The van der Waals surface area contributed by atoms with Gasteiger partial charge in [0.25, 0.3) is 5.91 Å². The molecule has 0 fully saturated rings. The van der Waals surface area contributed by atoms with Gasteiger partial charge in [0.1, 0.15) is 18.4 Å². The number of para-hydroxylation sites is 1. The zero-order valence-electron chi connectivity index (χ0n) is 13.8. The normalized spacial score (nSPS) is 11.4. The molecule has 2 aromatic carbocycles. The van der Waals surface area contributed by atoms with Gasteiger partial charge in [0.15, 0.2) is 0 Å². The van der Waals surface area contributed by atoms with Crippen LogP contribution in [0.25, 0.3) is 0 Å². The first-order chi connectivity index (χ1) is 11.6. The maximum atomic E-state index is 12.2. The van der Waals surface area contributed by atoms with Crippen molar-refractivity contribution in [2.45, 2.75) is 20.0 Å². The fraction of sp³-hybridized carbons (Fsp3) is 0.263. The summed E-state index contributed by atoms with van der Waals surface area (Å²) in [7, 11) is 0. The Balaban J connectivity index is 1.89. The van der Waals surface area contributed by atoms with Gasteiger partial charge in [-0.15, -0.1) is 0 Å². The second kappa shape index (κ2) is 8.72. The number of hydrogen-bond acceptors (Lipinski definition) is 4. The molecule has 1 atom stereocenters. The molecule has 2 aromatic rings. The van der Waals surface area contributed by atoms with Crippen molar-refractivity contribution in [3.05, 3.63) is 65.7 Å². The predicted molar refractivity (Wildman–Crippen MR) is 90.9 cm³/mol. The van der Waals surface area contributed by atoms with Crippen LogP contribution in [-0.2, 0) is 9.53 Å². The minimum atomic E-state index is -0.492. The van der Waals surface area contributed by atoms with Gasteiger partial charge in [-0.1, -0.05) is 42.5 Å². The van der Waals surface area contributed by atoms with Crippen LogP contribution in [0.2, 0.25) is 0 Å². The van der Waals surface area contributed by atoms with Crippen molar-refractivity contribution in [3.63, 3.8) is 0 Å². The van der Waals surface area contributed by atoms with E-state index in [9.17, 15) is 9.59 Å². The standard InChI is InChI=1S/C19H21NO4/c1-3-23-17-12-8-7-11-16(17)19(22)20-13-18(21)24-14(2)15-9-5-4-6-10-15/h4-12,14H,3,13H2,1-2H3,(H,20,22)/t14-/m1/s1. The van der Waals surface area contributed by atoms with Gasteiger partial charge in [-0.2, -0.15) is 0 Å². The van der Waals surface area contributed by atoms with Gasteiger partial charge < -0.3 is 14.8 Å². The Morgan fingerprint density at radius 2 is 1.71 bits per heavy atom. The number of nitrogens with one attached hydrogen (secondary N) is 1. The molecule has 0 saturated carbocycles. The highest BCUT2D eigenvalue weighted by Crippen LogP contribution is 2.18. The van der Waals surface area contributed by atoms with E-state index in [0.717, 1.165) is 5.56 Å². The van der Waals surface area contributed by atoms with Gasteiger partial charge in [-0.05, 0) is 31.5 Å². The molecule has 0 aliphatic heterocycles. The van der Waals surface area contributed by atoms with E-state index in [1.807, 2.05) is 37.3 Å². The lowest BCUT2D eigenvalue weighted by atomic mass is 10.1. The Bertz CT molecular complexity index is 685. The first-order valence-electron chi connectivity index (χ1n) is 7.86. The van der Waals surface area contributed by atoms with Crippen molar-refractivity contribution < 1.29 is 19.1 Å². The third-order valence-electron chi connectivity index (χ3n) is 3.40. The quantitative estimate of drug-likeness (QED) is 0.794. The van der Waals surface area contributed by atoms with E-state index in [4.69, 9.17) is 9.47 Å². The van der Waals surface area contributed by atoms with Gasteiger partial charge in [0, 0.05) is 0 Å². The number of rotatable bonds is 7. The predicted octanol–water partition coefficient (Wildman–Crippen LogP) is 3.12. The highest BCUT2D eigenvalue weighted by atomic mass is 16.5. The second-order valence-corrected chi connectivity index (χ2v) is 5.15. The molecule has 24 heavy (non-hydrogen) atoms. The zero-order chi connectivity index (χ0) is 17.4. The lowest BCUT2D eigenvalue weighted by Gasteiger charge is -2.14. The summed E-state index contributed by atoms with van der Waals surface area (Å²) in [6.07, 6.45) is -0.369. The third-order valence-corrected chi connectivity index (χ3v) is 3.40. The minimum absolute atomic E-state index is 0.198. The maximum absolute atomic E-state index is 12.2. The Kier molecular flexibility index (Phi) is 6.37. The SMILES string of the molecule is CCOc1ccccc1C(=O)NCC(=O)O[C@H](C)c1ccccc1. The lowest BCUT2D eigenvalue weighted by molar-refractivity contribution is -0.147. The van der Waals surface area contributed by atoms with Gasteiger partial charge in [-0.3, -0.25) is 9.59 Å². The van der Waals surface area contributed by atoms with Gasteiger partial charge >= 0.3 is 5.97 Å². The Morgan fingerprint density at radius 1 is 1.04 bits per heavy atom. The van der Waals surface area contributed by atoms with E-state index < -0.39 is 5.97 Å². The average molecular weight is 327 g/mol. The van der Waals surface area contributed by atoms with E-state index in [2.05, 4.69) is 5.32 Å². The lowest BCUT2D eigenvalue weighted by Crippen LogP contribution is -2.31. The molecule has 0 radical (unpaired) electrons. The smallest absolute Gasteiger partial charge is 0.326 e. The molecule has 126 valence electrons. The molecular formula is C19H21NO4. The van der Waals surface area contributed by atoms with Crippen molar-refractivity contribution in [1.82, 2.24) is 5.32 Å². The molecule has 0 unspecified atom stereocenters. The molecule has 5 heteroatoms. The van der Waals surface area contributed by atoms with Crippen LogP contribution in [0.5, 0.6) is 5.75 Å². The van der Waals surface area contributed by atoms with E-state index in [-0.39, 0.29) is 18.6 Å². The number of benzene rings is 2. The number of carbonyl (C=O) groups is 2. The summed E-state index contributed by atoms with van der Waals surface area (Å²) in [5.74, 6) is -0.375. The van der Waals surface area contributed by atoms with Crippen molar-refractivity contribution in [1.29, 1.82) is 0 Å². The average Bonchev–Trinajstić information content (AvgIpc) is 2.61. The molecule has 0 aliphatic carbocycles. The molecule has 2 rings (SSSR count). The summed E-state index contributed by atoms with van der Waals surface area (Å²) in [4.78, 5) is 24.1. The van der Waals surface area contributed by atoms with Crippen LogP contribution in [0.15, 0.2) is 54.6 Å². The number of amides is 1. The number of carbonyl (C=O) groups excluding carboxylic acids is 2. The van der Waals surface area contributed by atoms with Gasteiger partial charge in [-0.25, -0.2) is 0 Å². The molecule has 0 aromatic heterocycles. The van der Waals surface area contributed by atoms with Gasteiger partial charge in [0.05, 0.1) is 12.2 Å². The van der Waals surface area contributed by atoms with Crippen molar-refractivity contribution in [3.8, 4) is 5.75 Å². The molecule has 0 bridgehead atoms. The first kappa shape index (κ1) is 17.5. The van der Waals surface area contributed by atoms with Crippen LogP contribution in [-0.4, -0.2) is 25.0 Å². The largest absolute Gasteiger partial charge is 0.493 e. The summed E-state index contributed by atoms with van der Waals surface area (Å²) in [5, 5.41) is 2.56. The molecule has 0 heterocycles. The monoisotopic (exact) mass is 327 g/mol. The zero-order valence-corrected chi connectivity index (χ0v) is 13.8. The van der Waals surface area contributed by atoms with Crippen LogP contribution in [0.3, 0.4) is 0 Å². The van der Waals surface area contributed by atoms with Crippen LogP contribution in [0.4, 0.5) is 0 Å². The van der Waals surface area contributed by atoms with Gasteiger partial charge in [0.2, 0.25) is 0 Å². The summed E-state index contributed by atoms with van der Waals surface area (Å²) >= 11 is 0. The van der Waals surface area contributed by atoms with Crippen LogP contribution < -0.4 is 10.1 Å². The fourth-order valence-electron chi connectivity index (χ4n) is 2.21. The molecular weight excluding hydrogens is 306 g/mol. The van der Waals surface area contributed by atoms with E-state index in [0.29, 0.717) is 17.9 Å². The van der Waals surface area contributed by atoms with Crippen LogP contribution >= 0.6 is 0 Å². The molecule has 0 spiro atoms. The number of hydrogen-bond donors (Lipinski definition) is 1.